The van der Waals surface area contributed by atoms with Crippen molar-refractivity contribution in [3.63, 3.8) is 0 Å². The maximum absolute atomic E-state index is 4.91. The van der Waals surface area contributed by atoms with Gasteiger partial charge in [0.1, 0.15) is 0 Å². The molecule has 0 aliphatic carbocycles. The van der Waals surface area contributed by atoms with Gasteiger partial charge in [-0.3, -0.25) is 0 Å². The molecule has 9 nitrogen and oxygen atoms in total. The molecule has 0 aliphatic heterocycles. The summed E-state index contributed by atoms with van der Waals surface area (Å²) in [6, 6.07) is 118. The summed E-state index contributed by atoms with van der Waals surface area (Å²) in [4.78, 5) is 27.3. The number of aryl methyl sites for hydroxylation is 4. The number of para-hydroxylation sites is 4. The summed E-state index contributed by atoms with van der Waals surface area (Å²) in [6.07, 6.45) is 15.0. The van der Waals surface area contributed by atoms with Crippen molar-refractivity contribution in [2.45, 2.75) is 139 Å². The predicted octanol–water partition coefficient (Wildman–Crippen LogP) is 26.9. The second-order valence-electron chi connectivity index (χ2n) is 34.2. The topological polar surface area (TPSA) is 92.1 Å². The average Bonchev–Trinajstić information content (AvgIpc) is 1.59. The fraction of sp³-hybridized carbons (Fsp3) is 0.189. The summed E-state index contributed by atoms with van der Waals surface area (Å²) < 4.78 is 7.06. The first-order valence-corrected chi connectivity index (χ1v) is 53.6. The molecule has 9 aromatic heterocycles. The third-order valence-corrected chi connectivity index (χ3v) is 28.5. The third kappa shape index (κ3) is 22.5. The van der Waals surface area contributed by atoms with Gasteiger partial charge in [-0.15, -0.1) is 179 Å². The molecule has 0 saturated carbocycles. The quantitative estimate of drug-likeness (QED) is 0.0707. The molecule has 0 spiro atoms. The van der Waals surface area contributed by atoms with Gasteiger partial charge in [0.05, 0.1) is 24.2 Å². The third-order valence-electron chi connectivity index (χ3n) is 22.3. The zero-order valence-electron chi connectivity index (χ0n) is 74.7. The summed E-state index contributed by atoms with van der Waals surface area (Å²) in [5.41, 5.74) is 25.3. The number of hydrogen-bond acceptors (Lipinski definition) is 6. The van der Waals surface area contributed by atoms with E-state index in [-0.39, 0.29) is 60.3 Å². The molecule has 0 N–H and O–H groups in total. The molecule has 15 heteroatoms. The molecule has 10 aromatic carbocycles. The van der Waals surface area contributed by atoms with Gasteiger partial charge in [0.25, 0.3) is 0 Å². The molecule has 3 radical (unpaired) electrons. The van der Waals surface area contributed by atoms with Crippen molar-refractivity contribution in [1.82, 2.24) is 43.6 Å². The van der Waals surface area contributed by atoms with Crippen LogP contribution in [0.15, 0.2) is 322 Å². The normalized spacial score (nSPS) is 11.2. The first-order valence-electron chi connectivity index (χ1n) is 43.1. The van der Waals surface area contributed by atoms with Crippen molar-refractivity contribution < 1.29 is 60.3 Å². The van der Waals surface area contributed by atoms with E-state index in [9.17, 15) is 0 Å². The average molecular weight is 2230 g/mol. The van der Waals surface area contributed by atoms with Crippen LogP contribution in [0.1, 0.15) is 70.6 Å². The molecule has 19 aromatic rings. The van der Waals surface area contributed by atoms with Gasteiger partial charge in [-0.2, -0.15) is 0 Å². The maximum Gasteiger partial charge on any atom is 0.0799 e. The van der Waals surface area contributed by atoms with Crippen LogP contribution in [0.4, 0.5) is 0 Å². The van der Waals surface area contributed by atoms with E-state index >= 15 is 0 Å². The number of benzene rings is 10. The number of hydrogen-bond donors (Lipinski definition) is 0. The van der Waals surface area contributed by atoms with Crippen LogP contribution in [0, 0.1) is 36.4 Å². The number of pyridine rings is 6. The van der Waals surface area contributed by atoms with Crippen LogP contribution in [0.3, 0.4) is 0 Å². The van der Waals surface area contributed by atoms with Crippen molar-refractivity contribution in [3.05, 3.63) is 375 Å². The zero-order chi connectivity index (χ0) is 86.2. The predicted molar refractivity (Wildman–Crippen MR) is 529 cm³/mol. The van der Waals surface area contributed by atoms with Gasteiger partial charge in [0.2, 0.25) is 0 Å². The van der Waals surface area contributed by atoms with Crippen molar-refractivity contribution in [2.75, 3.05) is 0 Å². The Kier molecular flexibility index (Phi) is 33.4. The molecule has 0 saturated heterocycles. The van der Waals surface area contributed by atoms with Gasteiger partial charge in [0, 0.05) is 133 Å². The van der Waals surface area contributed by atoms with Crippen LogP contribution in [0.25, 0.3) is 139 Å². The fourth-order valence-electron chi connectivity index (χ4n) is 16.2. The Morgan fingerprint density at radius 3 is 1.02 bits per heavy atom. The van der Waals surface area contributed by atoms with Crippen molar-refractivity contribution >= 4 is 105 Å². The van der Waals surface area contributed by atoms with Crippen LogP contribution in [-0.4, -0.2) is 67.8 Å². The van der Waals surface area contributed by atoms with Crippen LogP contribution in [0.2, 0.25) is 58.9 Å². The minimum Gasteiger partial charge on any atom is -0.381 e. The smallest absolute Gasteiger partial charge is 0.0799 e. The molecule has 0 atom stereocenters. The van der Waals surface area contributed by atoms with Crippen LogP contribution >= 0.6 is 0 Å². The Bertz CT molecular complexity index is 6440. The van der Waals surface area contributed by atoms with Crippen LogP contribution in [0.5, 0.6) is 0 Å². The van der Waals surface area contributed by atoms with Crippen LogP contribution in [-0.2, 0) is 86.2 Å². The Morgan fingerprint density at radius 2 is 0.651 bits per heavy atom. The minimum atomic E-state index is -1.43. The first kappa shape index (κ1) is 95.7. The SMILES string of the molecule is CCCc1cc(-c2[c-]cc3c(c2)c2ccccc2n3-c2ccccc2)ncc1[Si](C)(C)C.CCc1cc(-c2[c-]cc3c(c2)c2ccccc2n3CC)ncc1[Si](C)(C)C.CCn1c2c[c-]c(-c3cc(C(C)C)c([Si](C)(C)C)cn3)cc2c2ccccc21.[Ir].[Ir].[Ir].[c-]1ccccc1-c1ccccn1.[c-]1ccccc1-c1ccccn1.[c-]1ccccc1-c1ccccn1. The Hall–Kier alpha value is -10.9. The Morgan fingerprint density at radius 1 is 0.302 bits per heavy atom. The van der Waals surface area contributed by atoms with E-state index in [1.807, 2.05) is 127 Å². The van der Waals surface area contributed by atoms with Crippen molar-refractivity contribution in [3.8, 4) is 73.2 Å². The van der Waals surface area contributed by atoms with E-state index in [0.29, 0.717) is 5.92 Å². The van der Waals surface area contributed by atoms with Gasteiger partial charge in [-0.1, -0.05) is 253 Å². The van der Waals surface area contributed by atoms with Crippen molar-refractivity contribution in [1.29, 1.82) is 0 Å². The standard InChI is InChI=1S/C29H29N2Si.C25H29N2Si.C24H27N2Si.3C11H8N.3Ir/c1-5-11-22-19-26(30-20-29(22)32(2,3)4)21-16-17-28-25(18-21)24-14-9-10-15-27(24)31(28)23-12-7-6-8-13-23;1-7-27-23-11-9-8-10-19(23)21-14-18(12-13-24(21)27)22-15-20(17(2)3)25(16-26-22)28(4,5)6;1-6-17-15-21(25-16-24(17)27(3,4)5)18-12-13-23-20(14-18)19-10-8-9-11-22(19)26(23)7-2;3*1-2-6-10(7-3-1)11-8-4-5-9-12-11;;;/h6-10,12-15,17-20H,5,11H2,1-4H3;8-11,13-17H,7H2,1-6H3;8-11,13-16H,6-7H2,1-5H3;3*1-6,8-9H;;;/q6*-1;;;. The van der Waals surface area contributed by atoms with Crippen molar-refractivity contribution in [2.24, 2.45) is 0 Å². The molecule has 0 fully saturated rings. The van der Waals surface area contributed by atoms with E-state index in [4.69, 9.17) is 15.0 Å². The van der Waals surface area contributed by atoms with E-state index in [1.165, 1.54) is 103 Å². The molecule has 0 amide bonds. The molecular weight excluding hydrogens is 2120 g/mol. The van der Waals surface area contributed by atoms with Gasteiger partial charge in [-0.25, -0.2) is 0 Å². The number of rotatable bonds is 16. The Labute approximate surface area is 789 Å². The second kappa shape index (κ2) is 44.0. The maximum atomic E-state index is 4.91. The summed E-state index contributed by atoms with van der Waals surface area (Å²) in [5.74, 6) is 0.495. The molecule has 126 heavy (non-hydrogen) atoms. The first-order chi connectivity index (χ1) is 59.6. The molecule has 0 unspecified atom stereocenters. The molecule has 9 heterocycles. The van der Waals surface area contributed by atoms with E-state index < -0.39 is 24.2 Å². The van der Waals surface area contributed by atoms with Gasteiger partial charge in [-0.05, 0) is 164 Å². The summed E-state index contributed by atoms with van der Waals surface area (Å²) in [7, 11) is -4.23. The van der Waals surface area contributed by atoms with E-state index in [1.54, 1.807) is 18.6 Å². The fourth-order valence-corrected chi connectivity index (χ4v) is 21.2. The molecular formula is C111H109Ir3N9Si3-6. The second-order valence-corrected chi connectivity index (χ2v) is 49.4. The molecule has 19 rings (SSSR count). The van der Waals surface area contributed by atoms with E-state index in [0.717, 1.165) is 99.9 Å². The molecule has 0 bridgehead atoms. The zero-order valence-corrected chi connectivity index (χ0v) is 84.9. The minimum absolute atomic E-state index is 0. The van der Waals surface area contributed by atoms with Gasteiger partial charge < -0.3 is 43.6 Å². The van der Waals surface area contributed by atoms with Crippen LogP contribution < -0.4 is 15.6 Å². The number of fused-ring (bicyclic) bond motifs is 9. The summed E-state index contributed by atoms with van der Waals surface area (Å²) >= 11 is 0. The molecule has 643 valence electrons. The van der Waals surface area contributed by atoms with Gasteiger partial charge in [0.15, 0.2) is 0 Å². The summed E-state index contributed by atoms with van der Waals surface area (Å²) in [6.45, 7) is 36.9. The largest absolute Gasteiger partial charge is 0.381 e. The van der Waals surface area contributed by atoms with E-state index in [2.05, 4.69) is 342 Å². The van der Waals surface area contributed by atoms with Gasteiger partial charge >= 0.3 is 0 Å². The number of nitrogens with zero attached hydrogens (tertiary/aromatic N) is 9. The monoisotopic (exact) mass is 2230 g/mol. The number of aromatic nitrogens is 9. The molecule has 0 aliphatic rings. The Balaban J connectivity index is 0.000000152. The summed E-state index contributed by atoms with van der Waals surface area (Å²) in [5, 5.41) is 12.1.